The SMILES string of the molecule is CCCC[C@H](O)C(NS(=O)(=O)c1ccc(Cl)s1)[C@@H](C)CC. The van der Waals surface area contributed by atoms with Gasteiger partial charge in [0, 0.05) is 0 Å². The van der Waals surface area contributed by atoms with Crippen LogP contribution >= 0.6 is 22.9 Å². The molecule has 0 aliphatic rings. The van der Waals surface area contributed by atoms with E-state index in [4.69, 9.17) is 11.6 Å². The largest absolute Gasteiger partial charge is 0.391 e. The predicted octanol–water partition coefficient (Wildman–Crippen LogP) is 3.65. The Balaban J connectivity index is 2.89. The van der Waals surface area contributed by atoms with Gasteiger partial charge in [0.25, 0.3) is 0 Å². The third-order valence-corrected chi connectivity index (χ3v) is 6.81. The van der Waals surface area contributed by atoms with Crippen LogP contribution in [0.5, 0.6) is 0 Å². The Morgan fingerprint density at radius 1 is 1.38 bits per heavy atom. The maximum absolute atomic E-state index is 12.4. The fourth-order valence-electron chi connectivity index (χ4n) is 2.10. The molecule has 122 valence electrons. The fourth-order valence-corrected chi connectivity index (χ4v) is 4.98. The molecule has 0 bridgehead atoms. The van der Waals surface area contributed by atoms with Crippen molar-refractivity contribution >= 4 is 33.0 Å². The van der Waals surface area contributed by atoms with Gasteiger partial charge in [-0.3, -0.25) is 0 Å². The zero-order valence-corrected chi connectivity index (χ0v) is 15.1. The van der Waals surface area contributed by atoms with Crippen molar-refractivity contribution in [3.05, 3.63) is 16.5 Å². The van der Waals surface area contributed by atoms with E-state index in [1.807, 2.05) is 20.8 Å². The minimum Gasteiger partial charge on any atom is -0.391 e. The molecule has 1 unspecified atom stereocenters. The average molecular weight is 354 g/mol. The third-order valence-electron chi connectivity index (χ3n) is 3.63. The molecule has 0 amide bonds. The predicted molar refractivity (Wildman–Crippen MR) is 88.4 cm³/mol. The Kier molecular flexibility index (Phi) is 7.64. The maximum atomic E-state index is 12.4. The highest BCUT2D eigenvalue weighted by molar-refractivity contribution is 7.91. The molecule has 1 rings (SSSR count). The van der Waals surface area contributed by atoms with Crippen molar-refractivity contribution in [2.45, 2.75) is 62.8 Å². The summed E-state index contributed by atoms with van der Waals surface area (Å²) in [5.74, 6) is 0.0575. The van der Waals surface area contributed by atoms with Crippen LogP contribution in [0, 0.1) is 5.92 Å². The summed E-state index contributed by atoms with van der Waals surface area (Å²) < 4.78 is 28.0. The van der Waals surface area contributed by atoms with Crippen molar-refractivity contribution in [2.24, 2.45) is 5.92 Å². The van der Waals surface area contributed by atoms with Crippen LogP contribution in [-0.2, 0) is 10.0 Å². The second-order valence-electron chi connectivity index (χ2n) is 5.30. The number of hydrogen-bond acceptors (Lipinski definition) is 4. The first-order valence-corrected chi connectivity index (χ1v) is 9.95. The average Bonchev–Trinajstić information content (AvgIpc) is 2.88. The first kappa shape index (κ1) is 18.9. The van der Waals surface area contributed by atoms with E-state index >= 15 is 0 Å². The van der Waals surface area contributed by atoms with Crippen LogP contribution in [0.4, 0.5) is 0 Å². The number of unbranched alkanes of at least 4 members (excludes halogenated alkanes) is 1. The van der Waals surface area contributed by atoms with Crippen LogP contribution in [0.2, 0.25) is 4.34 Å². The van der Waals surface area contributed by atoms with Gasteiger partial charge in [-0.15, -0.1) is 11.3 Å². The monoisotopic (exact) mass is 353 g/mol. The maximum Gasteiger partial charge on any atom is 0.250 e. The van der Waals surface area contributed by atoms with Gasteiger partial charge in [0.1, 0.15) is 4.21 Å². The third kappa shape index (κ3) is 5.53. The van der Waals surface area contributed by atoms with Gasteiger partial charge in [-0.05, 0) is 24.5 Å². The molecule has 21 heavy (non-hydrogen) atoms. The zero-order chi connectivity index (χ0) is 16.0. The molecule has 7 heteroatoms. The summed E-state index contributed by atoms with van der Waals surface area (Å²) in [5.41, 5.74) is 0. The number of hydrogen-bond donors (Lipinski definition) is 2. The molecule has 0 saturated heterocycles. The lowest BCUT2D eigenvalue weighted by Crippen LogP contribution is -2.47. The second-order valence-corrected chi connectivity index (χ2v) is 8.96. The Labute approximate surface area is 136 Å². The minimum atomic E-state index is -3.64. The number of rotatable bonds is 9. The standard InChI is InChI=1S/C14H24ClNO3S2/c1-4-6-7-11(17)14(10(3)5-2)16-21(18,19)13-9-8-12(15)20-13/h8-11,14,16-17H,4-7H2,1-3H3/t10-,11-,14?/m0/s1. The van der Waals surface area contributed by atoms with Crippen molar-refractivity contribution in [2.75, 3.05) is 0 Å². The Morgan fingerprint density at radius 2 is 2.05 bits per heavy atom. The van der Waals surface area contributed by atoms with Crippen molar-refractivity contribution in [1.29, 1.82) is 0 Å². The summed E-state index contributed by atoms with van der Waals surface area (Å²) in [6.07, 6.45) is 2.56. The summed E-state index contributed by atoms with van der Waals surface area (Å²) in [4.78, 5) is 0. The van der Waals surface area contributed by atoms with Gasteiger partial charge in [-0.25, -0.2) is 13.1 Å². The summed E-state index contributed by atoms with van der Waals surface area (Å²) in [5, 5.41) is 10.3. The van der Waals surface area contributed by atoms with Gasteiger partial charge in [0.2, 0.25) is 10.0 Å². The summed E-state index contributed by atoms with van der Waals surface area (Å²) in [6.45, 7) is 5.98. The van der Waals surface area contributed by atoms with Gasteiger partial charge in [0.15, 0.2) is 0 Å². The minimum absolute atomic E-state index is 0.0575. The van der Waals surface area contributed by atoms with Crippen LogP contribution < -0.4 is 4.72 Å². The molecule has 0 saturated carbocycles. The number of aliphatic hydroxyl groups excluding tert-OH is 1. The molecule has 1 aromatic heterocycles. The molecule has 0 aliphatic heterocycles. The lowest BCUT2D eigenvalue weighted by Gasteiger charge is -2.28. The van der Waals surface area contributed by atoms with E-state index in [9.17, 15) is 13.5 Å². The van der Waals surface area contributed by atoms with Gasteiger partial charge < -0.3 is 5.11 Å². The van der Waals surface area contributed by atoms with Crippen molar-refractivity contribution in [1.82, 2.24) is 4.72 Å². The van der Waals surface area contributed by atoms with Crippen LogP contribution in [0.25, 0.3) is 0 Å². The lowest BCUT2D eigenvalue weighted by atomic mass is 9.92. The Hall–Kier alpha value is -0.140. The van der Waals surface area contributed by atoms with E-state index in [0.29, 0.717) is 10.8 Å². The first-order valence-electron chi connectivity index (χ1n) is 7.27. The molecule has 0 aliphatic carbocycles. The van der Waals surface area contributed by atoms with Crippen LogP contribution in [0.15, 0.2) is 16.3 Å². The van der Waals surface area contributed by atoms with Gasteiger partial charge in [0.05, 0.1) is 16.5 Å². The molecule has 4 nitrogen and oxygen atoms in total. The molecular formula is C14H24ClNO3S2. The van der Waals surface area contributed by atoms with E-state index < -0.39 is 22.2 Å². The quantitative estimate of drug-likeness (QED) is 0.712. The highest BCUT2D eigenvalue weighted by atomic mass is 35.5. The summed E-state index contributed by atoms with van der Waals surface area (Å²) >= 11 is 6.82. The summed E-state index contributed by atoms with van der Waals surface area (Å²) in [6, 6.07) is 2.57. The van der Waals surface area contributed by atoms with Gasteiger partial charge in [-0.2, -0.15) is 0 Å². The number of sulfonamides is 1. The highest BCUT2D eigenvalue weighted by Gasteiger charge is 2.30. The molecule has 1 heterocycles. The Morgan fingerprint density at radius 3 is 2.52 bits per heavy atom. The smallest absolute Gasteiger partial charge is 0.250 e. The molecular weight excluding hydrogens is 330 g/mol. The van der Waals surface area contributed by atoms with Gasteiger partial charge >= 0.3 is 0 Å². The van der Waals surface area contributed by atoms with E-state index in [1.54, 1.807) is 6.07 Å². The normalized spacial score (nSPS) is 16.6. The van der Waals surface area contributed by atoms with E-state index in [-0.39, 0.29) is 10.1 Å². The first-order chi connectivity index (χ1) is 9.81. The Bertz CT molecular complexity index is 530. The second kappa shape index (κ2) is 8.48. The molecule has 3 atom stereocenters. The number of thiophene rings is 1. The molecule has 0 aromatic carbocycles. The van der Waals surface area contributed by atoms with Gasteiger partial charge in [-0.1, -0.05) is 51.6 Å². The number of nitrogens with one attached hydrogen (secondary N) is 1. The van der Waals surface area contributed by atoms with E-state index in [0.717, 1.165) is 30.6 Å². The molecule has 2 N–H and O–H groups in total. The molecule has 0 fully saturated rings. The van der Waals surface area contributed by atoms with Crippen molar-refractivity contribution in [3.63, 3.8) is 0 Å². The highest BCUT2D eigenvalue weighted by Crippen LogP contribution is 2.27. The lowest BCUT2D eigenvalue weighted by molar-refractivity contribution is 0.101. The fraction of sp³-hybridized carbons (Fsp3) is 0.714. The topological polar surface area (TPSA) is 66.4 Å². The number of aliphatic hydroxyl groups is 1. The molecule has 0 radical (unpaired) electrons. The van der Waals surface area contributed by atoms with Crippen LogP contribution in [0.1, 0.15) is 46.5 Å². The van der Waals surface area contributed by atoms with Crippen LogP contribution in [-0.4, -0.2) is 25.7 Å². The van der Waals surface area contributed by atoms with E-state index in [2.05, 4.69) is 4.72 Å². The molecule has 0 spiro atoms. The van der Waals surface area contributed by atoms with Crippen molar-refractivity contribution in [3.8, 4) is 0 Å². The van der Waals surface area contributed by atoms with E-state index in [1.165, 1.54) is 6.07 Å². The van der Waals surface area contributed by atoms with Crippen molar-refractivity contribution < 1.29 is 13.5 Å². The summed E-state index contributed by atoms with van der Waals surface area (Å²) in [7, 11) is -3.64. The molecule has 1 aromatic rings. The van der Waals surface area contributed by atoms with Crippen LogP contribution in [0.3, 0.4) is 0 Å². The zero-order valence-electron chi connectivity index (χ0n) is 12.7. The number of halogens is 1.